The number of nitrogens with zero attached hydrogens (tertiary/aromatic N) is 2. The molecule has 1 saturated heterocycles. The van der Waals surface area contributed by atoms with E-state index in [-0.39, 0.29) is 5.84 Å². The molecule has 1 aliphatic carbocycles. The number of nitrogens with one attached hydrogen (secondary N) is 1. The summed E-state index contributed by atoms with van der Waals surface area (Å²) in [7, 11) is 3.05. The molecule has 1 aromatic carbocycles. The van der Waals surface area contributed by atoms with Crippen LogP contribution in [0.1, 0.15) is 11.5 Å². The molecule has 8 nitrogen and oxygen atoms in total. The van der Waals surface area contributed by atoms with Crippen LogP contribution in [-0.4, -0.2) is 39.2 Å². The fraction of sp³-hybridized carbons (Fsp3) is 0.471. The van der Waals surface area contributed by atoms with Gasteiger partial charge >= 0.3 is 5.91 Å². The molecule has 1 aromatic rings. The molecule has 128 valence electrons. The van der Waals surface area contributed by atoms with Crippen LogP contribution in [0.5, 0.6) is 11.5 Å². The number of fused-ring (bicyclic) bond motifs is 2. The van der Waals surface area contributed by atoms with Crippen molar-refractivity contribution in [3.63, 3.8) is 0 Å². The summed E-state index contributed by atoms with van der Waals surface area (Å²) in [5.74, 6) is -0.845. The lowest BCUT2D eigenvalue weighted by Crippen LogP contribution is -2.89. The first-order valence-corrected chi connectivity index (χ1v) is 7.81. The van der Waals surface area contributed by atoms with E-state index in [2.05, 4.69) is 17.1 Å². The van der Waals surface area contributed by atoms with Gasteiger partial charge in [-0.1, -0.05) is 12.1 Å². The first kappa shape index (κ1) is 15.7. The molecule has 2 aliphatic heterocycles. The summed E-state index contributed by atoms with van der Waals surface area (Å²) < 4.78 is 22.3. The number of ether oxygens (including phenoxy) is 4. The second kappa shape index (κ2) is 4.85. The highest BCUT2D eigenvalue weighted by molar-refractivity contribution is 5.95. The summed E-state index contributed by atoms with van der Waals surface area (Å²) >= 11 is 0. The van der Waals surface area contributed by atoms with Crippen molar-refractivity contribution < 1.29 is 23.9 Å². The van der Waals surface area contributed by atoms with Crippen LogP contribution in [0.4, 0.5) is 0 Å². The van der Waals surface area contributed by atoms with Gasteiger partial charge in [0.2, 0.25) is 0 Å². The highest BCUT2D eigenvalue weighted by atomic mass is 16.8. The number of amidine groups is 1. The molecule has 0 bridgehead atoms. The molecule has 25 heavy (non-hydrogen) atoms. The van der Waals surface area contributed by atoms with Gasteiger partial charge in [0.1, 0.15) is 0 Å². The Morgan fingerprint density at radius 2 is 1.92 bits per heavy atom. The van der Waals surface area contributed by atoms with E-state index in [4.69, 9.17) is 24.7 Å². The number of nitriles is 2. The molecule has 0 aromatic heterocycles. The summed E-state index contributed by atoms with van der Waals surface area (Å²) in [6.45, 7) is 0.625. The van der Waals surface area contributed by atoms with Gasteiger partial charge in [-0.2, -0.15) is 10.5 Å². The molecule has 2 heterocycles. The Morgan fingerprint density at radius 3 is 2.48 bits per heavy atom. The van der Waals surface area contributed by atoms with Crippen molar-refractivity contribution in [3.8, 4) is 23.6 Å². The van der Waals surface area contributed by atoms with E-state index >= 15 is 0 Å². The van der Waals surface area contributed by atoms with E-state index in [1.165, 1.54) is 14.2 Å². The molecular weight excluding hydrogens is 324 g/mol. The van der Waals surface area contributed by atoms with Gasteiger partial charge in [-0.15, -0.1) is 0 Å². The SMILES string of the molecule is COc1cccc([C@@H]2[C@]3(C#N)C(N)=[NH+]C4(OCCO4)[C@]23C#N)c1OC. The molecule has 1 saturated carbocycles. The van der Waals surface area contributed by atoms with Crippen LogP contribution in [0, 0.1) is 33.5 Å². The second-order valence-electron chi connectivity index (χ2n) is 6.21. The number of benzene rings is 1. The average molecular weight is 341 g/mol. The molecular formula is C17H17N4O4+. The zero-order chi connectivity index (χ0) is 17.9. The van der Waals surface area contributed by atoms with Gasteiger partial charge < -0.3 is 18.9 Å². The lowest BCUT2D eigenvalue weighted by Gasteiger charge is -2.24. The third-order valence-electron chi connectivity index (χ3n) is 5.44. The van der Waals surface area contributed by atoms with Crippen molar-refractivity contribution in [2.24, 2.45) is 16.6 Å². The average Bonchev–Trinajstić information content (AvgIpc) is 2.88. The first-order valence-electron chi connectivity index (χ1n) is 7.81. The van der Waals surface area contributed by atoms with Crippen molar-refractivity contribution in [2.75, 3.05) is 27.4 Å². The predicted molar refractivity (Wildman–Crippen MR) is 83.2 cm³/mol. The minimum atomic E-state index is -1.43. The third kappa shape index (κ3) is 1.46. The number of rotatable bonds is 3. The maximum atomic E-state index is 10.1. The summed E-state index contributed by atoms with van der Waals surface area (Å²) in [5.41, 5.74) is 4.25. The summed E-state index contributed by atoms with van der Waals surface area (Å²) in [5, 5.41) is 20.1. The van der Waals surface area contributed by atoms with Gasteiger partial charge in [-0.05, 0) is 6.07 Å². The minimum absolute atomic E-state index is 0.174. The molecule has 4 rings (SSSR count). The zero-order valence-electron chi connectivity index (χ0n) is 13.8. The monoisotopic (exact) mass is 341 g/mol. The van der Waals surface area contributed by atoms with Gasteiger partial charge in [0.15, 0.2) is 22.3 Å². The van der Waals surface area contributed by atoms with Gasteiger partial charge in [0, 0.05) is 5.56 Å². The fourth-order valence-corrected chi connectivity index (χ4v) is 4.42. The van der Waals surface area contributed by atoms with Crippen molar-refractivity contribution in [1.29, 1.82) is 10.5 Å². The van der Waals surface area contributed by atoms with E-state index < -0.39 is 22.7 Å². The van der Waals surface area contributed by atoms with E-state index in [0.717, 1.165) is 0 Å². The van der Waals surface area contributed by atoms with Gasteiger partial charge in [-0.25, -0.2) is 4.99 Å². The topological polar surface area (TPSA) is 124 Å². The van der Waals surface area contributed by atoms with Crippen LogP contribution in [0.2, 0.25) is 0 Å². The Balaban J connectivity index is 1.96. The van der Waals surface area contributed by atoms with Crippen molar-refractivity contribution in [1.82, 2.24) is 0 Å². The Kier molecular flexibility index (Phi) is 3.05. The predicted octanol–water partition coefficient (Wildman–Crippen LogP) is -1.03. The maximum Gasteiger partial charge on any atom is 0.343 e. The number of para-hydroxylation sites is 1. The smallest absolute Gasteiger partial charge is 0.343 e. The standard InChI is InChI=1S/C17H16N4O4/c1-22-11-5-3-4-10(12(11)23-2)13-15(8-18)14(20)21-17(16(13,15)9-19)24-6-7-25-17/h3-5,13H,6-7H2,1-2H3,(H2,20,21)/p+1/t13-,15-,16-/m1/s1. The number of hydrogen-bond acceptors (Lipinski definition) is 7. The van der Waals surface area contributed by atoms with Crippen LogP contribution in [-0.2, 0) is 9.47 Å². The number of hydrogen-bond donors (Lipinski definition) is 2. The molecule has 3 N–H and O–H groups in total. The molecule has 0 radical (unpaired) electrons. The van der Waals surface area contributed by atoms with E-state index in [9.17, 15) is 10.5 Å². The minimum Gasteiger partial charge on any atom is -0.493 e. The Labute approximate surface area is 144 Å². The Bertz CT molecular complexity index is 864. The van der Waals surface area contributed by atoms with E-state index in [1.54, 1.807) is 18.2 Å². The second-order valence-corrected chi connectivity index (χ2v) is 6.21. The molecule has 1 spiro atoms. The third-order valence-corrected chi connectivity index (χ3v) is 5.44. The molecule has 3 atom stereocenters. The lowest BCUT2D eigenvalue weighted by molar-refractivity contribution is -0.676. The lowest BCUT2D eigenvalue weighted by atomic mass is 9.93. The van der Waals surface area contributed by atoms with Crippen LogP contribution < -0.4 is 20.2 Å². The number of methoxy groups -OCH3 is 2. The molecule has 3 aliphatic rings. The fourth-order valence-electron chi connectivity index (χ4n) is 4.42. The molecule has 2 fully saturated rings. The van der Waals surface area contributed by atoms with Gasteiger partial charge in [0.05, 0.1) is 45.5 Å². The Morgan fingerprint density at radius 1 is 1.20 bits per heavy atom. The van der Waals surface area contributed by atoms with Crippen molar-refractivity contribution in [3.05, 3.63) is 23.8 Å². The van der Waals surface area contributed by atoms with Crippen molar-refractivity contribution in [2.45, 2.75) is 11.8 Å². The van der Waals surface area contributed by atoms with Gasteiger partial charge in [0.25, 0.3) is 5.84 Å². The normalized spacial score (nSPS) is 33.9. The van der Waals surface area contributed by atoms with E-state index in [0.29, 0.717) is 30.3 Å². The Hall–Kier alpha value is -2.81. The van der Waals surface area contributed by atoms with Crippen LogP contribution in [0.3, 0.4) is 0 Å². The van der Waals surface area contributed by atoms with E-state index in [1.807, 2.05) is 0 Å². The molecule has 0 unspecified atom stereocenters. The summed E-state index contributed by atoms with van der Waals surface area (Å²) in [6, 6.07) is 9.86. The van der Waals surface area contributed by atoms with Crippen LogP contribution in [0.15, 0.2) is 18.2 Å². The van der Waals surface area contributed by atoms with Gasteiger partial charge in [-0.3, -0.25) is 5.73 Å². The maximum absolute atomic E-state index is 10.1. The van der Waals surface area contributed by atoms with Crippen LogP contribution >= 0.6 is 0 Å². The quantitative estimate of drug-likeness (QED) is 0.720. The first-order chi connectivity index (χ1) is 12.1. The highest BCUT2D eigenvalue weighted by Crippen LogP contribution is 2.80. The number of nitrogens with two attached hydrogens (primary N) is 1. The largest absolute Gasteiger partial charge is 0.493 e. The summed E-state index contributed by atoms with van der Waals surface area (Å²) in [4.78, 5) is 2.91. The molecule has 8 heteroatoms. The van der Waals surface area contributed by atoms with Crippen LogP contribution in [0.25, 0.3) is 0 Å². The van der Waals surface area contributed by atoms with Crippen molar-refractivity contribution >= 4 is 5.84 Å². The zero-order valence-corrected chi connectivity index (χ0v) is 13.8. The highest BCUT2D eigenvalue weighted by Gasteiger charge is 2.97. The molecule has 0 amide bonds. The summed E-state index contributed by atoms with van der Waals surface area (Å²) in [6.07, 6.45) is 0.